The van der Waals surface area contributed by atoms with Gasteiger partial charge in [-0.25, -0.2) is 0 Å². The molecule has 0 unspecified atom stereocenters. The standard InChI is InChI=1S/C13H20N2O6/c1-20-7-3-5-14-11(17)9-10(16)13(19)15(12(9)18)6-4-8-21-2/h9H,3-8H2,1-2H3,(H,14,17)/t9-/m1/s1. The number of Topliss-reactive ketones (excluding diaryl/α,β-unsaturated/α-hetero) is 1. The molecule has 3 amide bonds. The molecule has 21 heavy (non-hydrogen) atoms. The van der Waals surface area contributed by atoms with Gasteiger partial charge in [-0.2, -0.15) is 0 Å². The first-order chi connectivity index (χ1) is 10.0. The van der Waals surface area contributed by atoms with Crippen LogP contribution in [0, 0.1) is 5.92 Å². The summed E-state index contributed by atoms with van der Waals surface area (Å²) >= 11 is 0. The zero-order chi connectivity index (χ0) is 15.8. The molecule has 1 N–H and O–H groups in total. The third-order valence-corrected chi connectivity index (χ3v) is 3.05. The maximum Gasteiger partial charge on any atom is 0.297 e. The van der Waals surface area contributed by atoms with Crippen molar-refractivity contribution in [3.05, 3.63) is 0 Å². The Bertz CT molecular complexity index is 423. The van der Waals surface area contributed by atoms with Gasteiger partial charge in [0.15, 0.2) is 5.92 Å². The van der Waals surface area contributed by atoms with Gasteiger partial charge in [0.2, 0.25) is 17.6 Å². The molecule has 1 heterocycles. The first kappa shape index (κ1) is 17.3. The predicted molar refractivity (Wildman–Crippen MR) is 71.2 cm³/mol. The molecule has 0 radical (unpaired) electrons. The number of hydrogen-bond acceptors (Lipinski definition) is 6. The summed E-state index contributed by atoms with van der Waals surface area (Å²) in [6.45, 7) is 1.17. The van der Waals surface area contributed by atoms with Gasteiger partial charge in [-0.1, -0.05) is 0 Å². The summed E-state index contributed by atoms with van der Waals surface area (Å²) in [6.07, 6.45) is 0.978. The molecule has 0 aromatic rings. The molecule has 1 rings (SSSR count). The predicted octanol–water partition coefficient (Wildman–Crippen LogP) is -1.27. The molecular weight excluding hydrogens is 280 g/mol. The van der Waals surface area contributed by atoms with Crippen LogP contribution in [0.3, 0.4) is 0 Å². The minimum Gasteiger partial charge on any atom is -0.385 e. The SMILES string of the molecule is COCCCNC(=O)[C@H]1C(=O)C(=O)N(CCCOC)C1=O. The molecule has 0 aliphatic carbocycles. The average molecular weight is 300 g/mol. The van der Waals surface area contributed by atoms with Crippen LogP contribution in [0.4, 0.5) is 0 Å². The van der Waals surface area contributed by atoms with E-state index in [1.165, 1.54) is 14.2 Å². The Balaban J connectivity index is 2.58. The first-order valence-corrected chi connectivity index (χ1v) is 6.69. The first-order valence-electron chi connectivity index (χ1n) is 6.69. The minimum absolute atomic E-state index is 0.0741. The smallest absolute Gasteiger partial charge is 0.297 e. The highest BCUT2D eigenvalue weighted by Gasteiger charge is 2.50. The Morgan fingerprint density at radius 2 is 1.76 bits per heavy atom. The normalized spacial score (nSPS) is 18.5. The Kier molecular flexibility index (Phi) is 6.97. The van der Waals surface area contributed by atoms with Crippen molar-refractivity contribution in [3.63, 3.8) is 0 Å². The molecule has 1 atom stereocenters. The molecule has 8 heteroatoms. The highest BCUT2D eigenvalue weighted by atomic mass is 16.5. The van der Waals surface area contributed by atoms with Crippen molar-refractivity contribution in [3.8, 4) is 0 Å². The van der Waals surface area contributed by atoms with Crippen LogP contribution in [0.25, 0.3) is 0 Å². The van der Waals surface area contributed by atoms with Crippen LogP contribution in [0.2, 0.25) is 0 Å². The number of likely N-dealkylation sites (tertiary alicyclic amines) is 1. The van der Waals surface area contributed by atoms with Crippen molar-refractivity contribution in [1.29, 1.82) is 0 Å². The maximum atomic E-state index is 12.0. The van der Waals surface area contributed by atoms with Gasteiger partial charge >= 0.3 is 0 Å². The van der Waals surface area contributed by atoms with E-state index < -0.39 is 29.4 Å². The fraction of sp³-hybridized carbons (Fsp3) is 0.692. The molecule has 0 spiro atoms. The summed E-state index contributed by atoms with van der Waals surface area (Å²) in [6, 6.07) is 0. The number of nitrogens with zero attached hydrogens (tertiary/aromatic N) is 1. The fourth-order valence-corrected chi connectivity index (χ4v) is 1.96. The van der Waals surface area contributed by atoms with Crippen molar-refractivity contribution in [2.75, 3.05) is 40.5 Å². The number of ether oxygens (including phenoxy) is 2. The highest BCUT2D eigenvalue weighted by Crippen LogP contribution is 2.17. The molecule has 1 aliphatic heterocycles. The van der Waals surface area contributed by atoms with Crippen LogP contribution in [0.15, 0.2) is 0 Å². The van der Waals surface area contributed by atoms with Gasteiger partial charge < -0.3 is 14.8 Å². The topological polar surface area (TPSA) is 102 Å². The minimum atomic E-state index is -1.55. The van der Waals surface area contributed by atoms with E-state index in [4.69, 9.17) is 9.47 Å². The number of amides is 3. The summed E-state index contributed by atoms with van der Waals surface area (Å²) < 4.78 is 9.65. The summed E-state index contributed by atoms with van der Waals surface area (Å²) in [5.74, 6) is -4.94. The highest BCUT2D eigenvalue weighted by molar-refractivity contribution is 6.52. The monoisotopic (exact) mass is 300 g/mol. The number of nitrogens with one attached hydrogen (secondary N) is 1. The maximum absolute atomic E-state index is 12.0. The van der Waals surface area contributed by atoms with Gasteiger partial charge in [-0.05, 0) is 12.8 Å². The lowest BCUT2D eigenvalue weighted by Crippen LogP contribution is -2.39. The molecule has 8 nitrogen and oxygen atoms in total. The summed E-state index contributed by atoms with van der Waals surface area (Å²) in [7, 11) is 3.03. The third-order valence-electron chi connectivity index (χ3n) is 3.05. The number of hydrogen-bond donors (Lipinski definition) is 1. The second-order valence-corrected chi connectivity index (χ2v) is 4.58. The summed E-state index contributed by atoms with van der Waals surface area (Å²) in [5, 5.41) is 2.46. The molecule has 0 aromatic carbocycles. The number of methoxy groups -OCH3 is 2. The van der Waals surface area contributed by atoms with E-state index in [-0.39, 0.29) is 13.1 Å². The molecule has 0 saturated carbocycles. The molecule has 1 saturated heterocycles. The van der Waals surface area contributed by atoms with Crippen molar-refractivity contribution < 1.29 is 28.7 Å². The molecule has 1 fully saturated rings. The van der Waals surface area contributed by atoms with Gasteiger partial charge in [0, 0.05) is 40.5 Å². The number of carbonyl (C=O) groups is 4. The quantitative estimate of drug-likeness (QED) is 0.246. The fourth-order valence-electron chi connectivity index (χ4n) is 1.96. The van der Waals surface area contributed by atoms with Crippen molar-refractivity contribution >= 4 is 23.5 Å². The molecule has 1 aliphatic rings. The van der Waals surface area contributed by atoms with Crippen LogP contribution in [0.1, 0.15) is 12.8 Å². The van der Waals surface area contributed by atoms with E-state index in [0.29, 0.717) is 26.1 Å². The number of rotatable bonds is 9. The van der Waals surface area contributed by atoms with Crippen molar-refractivity contribution in [1.82, 2.24) is 10.2 Å². The Hall–Kier alpha value is -1.80. The van der Waals surface area contributed by atoms with Crippen molar-refractivity contribution in [2.45, 2.75) is 12.8 Å². The zero-order valence-corrected chi connectivity index (χ0v) is 12.2. The van der Waals surface area contributed by atoms with Gasteiger partial charge in [0.1, 0.15) is 0 Å². The van der Waals surface area contributed by atoms with Crippen LogP contribution in [0.5, 0.6) is 0 Å². The van der Waals surface area contributed by atoms with Crippen LogP contribution < -0.4 is 5.32 Å². The van der Waals surface area contributed by atoms with Gasteiger partial charge in [0.05, 0.1) is 0 Å². The summed E-state index contributed by atoms with van der Waals surface area (Å²) in [5.41, 5.74) is 0. The van der Waals surface area contributed by atoms with E-state index in [1.54, 1.807) is 0 Å². The summed E-state index contributed by atoms with van der Waals surface area (Å²) in [4.78, 5) is 48.2. The van der Waals surface area contributed by atoms with Gasteiger partial charge in [-0.15, -0.1) is 0 Å². The van der Waals surface area contributed by atoms with Gasteiger partial charge in [-0.3, -0.25) is 24.1 Å². The van der Waals surface area contributed by atoms with E-state index in [0.717, 1.165) is 4.90 Å². The number of carbonyl (C=O) groups excluding carboxylic acids is 4. The van der Waals surface area contributed by atoms with E-state index in [9.17, 15) is 19.2 Å². The number of imide groups is 1. The zero-order valence-electron chi connectivity index (χ0n) is 12.2. The second kappa shape index (κ2) is 8.48. The van der Waals surface area contributed by atoms with Crippen LogP contribution in [-0.4, -0.2) is 68.9 Å². The van der Waals surface area contributed by atoms with E-state index in [2.05, 4.69) is 5.32 Å². The second-order valence-electron chi connectivity index (χ2n) is 4.58. The van der Waals surface area contributed by atoms with E-state index in [1.807, 2.05) is 0 Å². The lowest BCUT2D eigenvalue weighted by atomic mass is 10.1. The lowest BCUT2D eigenvalue weighted by molar-refractivity contribution is -0.143. The van der Waals surface area contributed by atoms with Crippen LogP contribution >= 0.6 is 0 Å². The van der Waals surface area contributed by atoms with Gasteiger partial charge in [0.25, 0.3) is 5.91 Å². The molecular formula is C13H20N2O6. The third kappa shape index (κ3) is 4.33. The molecule has 0 aromatic heterocycles. The number of ketones is 1. The Morgan fingerprint density at radius 3 is 2.38 bits per heavy atom. The Labute approximate surface area is 122 Å². The Morgan fingerprint density at radius 1 is 1.14 bits per heavy atom. The molecule has 118 valence electrons. The van der Waals surface area contributed by atoms with E-state index >= 15 is 0 Å². The largest absolute Gasteiger partial charge is 0.385 e. The molecule has 0 bridgehead atoms. The van der Waals surface area contributed by atoms with Crippen molar-refractivity contribution in [2.24, 2.45) is 5.92 Å². The van der Waals surface area contributed by atoms with Crippen LogP contribution in [-0.2, 0) is 28.7 Å². The average Bonchev–Trinajstić information content (AvgIpc) is 2.67. The lowest BCUT2D eigenvalue weighted by Gasteiger charge is -2.13.